The molecule has 0 atom stereocenters. The monoisotopic (exact) mass is 466 g/mol. The van der Waals surface area contributed by atoms with Crippen molar-refractivity contribution in [2.24, 2.45) is 0 Å². The standard InChI is InChI=1S/C26H34N4O2S/c31-33(32,28-15-14-27-26-13-6-11-24-10-4-5-12-25(24)26)21-7-16-29-17-19-30(20-18-29)22-23-8-2-1-3-9-23/h1-6,8-13,27-28H,7,14-22H2. The Hall–Kier alpha value is -2.45. The Morgan fingerprint density at radius 2 is 1.45 bits per heavy atom. The molecule has 6 nitrogen and oxygen atoms in total. The third-order valence-corrected chi connectivity index (χ3v) is 7.62. The number of hydrogen-bond donors (Lipinski definition) is 2. The fourth-order valence-electron chi connectivity index (χ4n) is 4.35. The van der Waals surface area contributed by atoms with E-state index in [1.807, 2.05) is 30.3 Å². The minimum atomic E-state index is -3.26. The van der Waals surface area contributed by atoms with Crippen LogP contribution in [0.4, 0.5) is 5.69 Å². The van der Waals surface area contributed by atoms with Crippen molar-refractivity contribution in [1.82, 2.24) is 14.5 Å². The van der Waals surface area contributed by atoms with Crippen molar-refractivity contribution in [1.29, 1.82) is 0 Å². The molecular formula is C26H34N4O2S. The van der Waals surface area contributed by atoms with Gasteiger partial charge in [0.05, 0.1) is 5.75 Å². The van der Waals surface area contributed by atoms with Gasteiger partial charge < -0.3 is 10.2 Å². The average molecular weight is 467 g/mol. The topological polar surface area (TPSA) is 64.7 Å². The molecule has 3 aromatic carbocycles. The second-order valence-corrected chi connectivity index (χ2v) is 10.6. The molecule has 0 unspecified atom stereocenters. The maximum atomic E-state index is 12.4. The Morgan fingerprint density at radius 1 is 0.758 bits per heavy atom. The summed E-state index contributed by atoms with van der Waals surface area (Å²) in [7, 11) is -3.26. The van der Waals surface area contributed by atoms with E-state index in [9.17, 15) is 8.42 Å². The van der Waals surface area contributed by atoms with Gasteiger partial charge in [0.15, 0.2) is 0 Å². The van der Waals surface area contributed by atoms with Gasteiger partial charge in [-0.3, -0.25) is 4.90 Å². The Kier molecular flexibility index (Phi) is 8.34. The third kappa shape index (κ3) is 7.27. The largest absolute Gasteiger partial charge is 0.383 e. The highest BCUT2D eigenvalue weighted by Crippen LogP contribution is 2.22. The number of anilines is 1. The van der Waals surface area contributed by atoms with Crippen LogP contribution in [0.3, 0.4) is 0 Å². The van der Waals surface area contributed by atoms with Crippen LogP contribution in [0.5, 0.6) is 0 Å². The minimum Gasteiger partial charge on any atom is -0.383 e. The molecule has 1 saturated heterocycles. The summed E-state index contributed by atoms with van der Waals surface area (Å²) >= 11 is 0. The molecule has 2 N–H and O–H groups in total. The molecule has 33 heavy (non-hydrogen) atoms. The number of benzene rings is 3. The number of hydrogen-bond acceptors (Lipinski definition) is 5. The van der Waals surface area contributed by atoms with Gasteiger partial charge in [0.2, 0.25) is 10.0 Å². The predicted molar refractivity (Wildman–Crippen MR) is 137 cm³/mol. The fourth-order valence-corrected chi connectivity index (χ4v) is 5.41. The molecule has 7 heteroatoms. The van der Waals surface area contributed by atoms with Gasteiger partial charge in [-0.2, -0.15) is 0 Å². The molecule has 1 fully saturated rings. The average Bonchev–Trinajstić information content (AvgIpc) is 2.84. The van der Waals surface area contributed by atoms with E-state index in [4.69, 9.17) is 0 Å². The summed E-state index contributed by atoms with van der Waals surface area (Å²) in [5, 5.41) is 5.67. The summed E-state index contributed by atoms with van der Waals surface area (Å²) in [6.45, 7) is 6.79. The molecule has 0 amide bonds. The van der Waals surface area contributed by atoms with Crippen LogP contribution in [-0.2, 0) is 16.6 Å². The first-order valence-electron chi connectivity index (χ1n) is 11.8. The molecule has 1 aliphatic heterocycles. The van der Waals surface area contributed by atoms with E-state index in [1.165, 1.54) is 10.9 Å². The first-order chi connectivity index (χ1) is 16.1. The summed E-state index contributed by atoms with van der Waals surface area (Å²) in [4.78, 5) is 4.84. The number of rotatable bonds is 11. The number of piperazine rings is 1. The molecule has 0 bridgehead atoms. The zero-order chi connectivity index (χ0) is 22.9. The van der Waals surface area contributed by atoms with Gasteiger partial charge in [-0.1, -0.05) is 66.7 Å². The molecule has 0 aliphatic carbocycles. The van der Waals surface area contributed by atoms with Crippen molar-refractivity contribution in [3.8, 4) is 0 Å². The summed E-state index contributed by atoms with van der Waals surface area (Å²) in [5.41, 5.74) is 2.37. The first kappa shape index (κ1) is 23.7. The highest BCUT2D eigenvalue weighted by Gasteiger charge is 2.18. The molecule has 0 saturated carbocycles. The van der Waals surface area contributed by atoms with E-state index in [2.05, 4.69) is 62.3 Å². The predicted octanol–water partition coefficient (Wildman–Crippen LogP) is 3.38. The van der Waals surface area contributed by atoms with Crippen molar-refractivity contribution >= 4 is 26.5 Å². The maximum Gasteiger partial charge on any atom is 0.211 e. The molecule has 0 aromatic heterocycles. The normalized spacial score (nSPS) is 15.6. The van der Waals surface area contributed by atoms with Gasteiger partial charge in [-0.25, -0.2) is 13.1 Å². The van der Waals surface area contributed by atoms with E-state index in [0.29, 0.717) is 19.5 Å². The molecule has 0 spiro atoms. The highest BCUT2D eigenvalue weighted by molar-refractivity contribution is 7.89. The number of nitrogens with zero attached hydrogens (tertiary/aromatic N) is 2. The van der Waals surface area contributed by atoms with E-state index in [1.54, 1.807) is 0 Å². The smallest absolute Gasteiger partial charge is 0.211 e. The van der Waals surface area contributed by atoms with Crippen molar-refractivity contribution in [3.63, 3.8) is 0 Å². The molecule has 3 aromatic rings. The molecule has 0 radical (unpaired) electrons. The highest BCUT2D eigenvalue weighted by atomic mass is 32.2. The molecule has 4 rings (SSSR count). The Morgan fingerprint density at radius 3 is 2.27 bits per heavy atom. The summed E-state index contributed by atoms with van der Waals surface area (Å²) in [5.74, 6) is 0.172. The Bertz CT molecular complexity index is 1110. The van der Waals surface area contributed by atoms with Crippen LogP contribution in [0.2, 0.25) is 0 Å². The molecular weight excluding hydrogens is 432 g/mol. The Labute approximate surface area is 197 Å². The Balaban J connectivity index is 1.12. The lowest BCUT2D eigenvalue weighted by Gasteiger charge is -2.34. The van der Waals surface area contributed by atoms with Gasteiger partial charge in [-0.15, -0.1) is 0 Å². The van der Waals surface area contributed by atoms with Crippen LogP contribution in [-0.4, -0.2) is 69.8 Å². The lowest BCUT2D eigenvalue weighted by molar-refractivity contribution is 0.127. The quantitative estimate of drug-likeness (QED) is 0.424. The van der Waals surface area contributed by atoms with Gasteiger partial charge in [0.25, 0.3) is 0 Å². The second kappa shape index (κ2) is 11.6. The van der Waals surface area contributed by atoms with E-state index in [0.717, 1.165) is 50.3 Å². The van der Waals surface area contributed by atoms with Gasteiger partial charge in [0.1, 0.15) is 0 Å². The second-order valence-electron chi connectivity index (χ2n) is 8.62. The number of nitrogens with one attached hydrogen (secondary N) is 2. The number of fused-ring (bicyclic) bond motifs is 1. The van der Waals surface area contributed by atoms with Crippen molar-refractivity contribution in [2.45, 2.75) is 13.0 Å². The minimum absolute atomic E-state index is 0.172. The SMILES string of the molecule is O=S(=O)(CCCN1CCN(Cc2ccccc2)CC1)NCCNc1cccc2ccccc12. The fraction of sp³-hybridized carbons (Fsp3) is 0.385. The van der Waals surface area contributed by atoms with Crippen LogP contribution in [0, 0.1) is 0 Å². The van der Waals surface area contributed by atoms with Gasteiger partial charge in [0, 0.05) is 56.9 Å². The summed E-state index contributed by atoms with van der Waals surface area (Å²) in [6, 6.07) is 24.8. The van der Waals surface area contributed by atoms with Crippen LogP contribution in [0.25, 0.3) is 10.8 Å². The third-order valence-electron chi connectivity index (χ3n) is 6.15. The summed E-state index contributed by atoms with van der Waals surface area (Å²) < 4.78 is 27.5. The van der Waals surface area contributed by atoms with Gasteiger partial charge in [-0.05, 0) is 30.0 Å². The first-order valence-corrected chi connectivity index (χ1v) is 13.4. The molecule has 1 aliphatic rings. The van der Waals surface area contributed by atoms with Crippen molar-refractivity contribution < 1.29 is 8.42 Å². The zero-order valence-electron chi connectivity index (χ0n) is 19.1. The van der Waals surface area contributed by atoms with E-state index < -0.39 is 10.0 Å². The van der Waals surface area contributed by atoms with Gasteiger partial charge >= 0.3 is 0 Å². The van der Waals surface area contributed by atoms with E-state index >= 15 is 0 Å². The van der Waals surface area contributed by atoms with Crippen molar-refractivity contribution in [2.75, 3.05) is 56.9 Å². The molecule has 1 heterocycles. The molecule has 176 valence electrons. The maximum absolute atomic E-state index is 12.4. The number of sulfonamides is 1. The van der Waals surface area contributed by atoms with Crippen LogP contribution >= 0.6 is 0 Å². The van der Waals surface area contributed by atoms with Crippen LogP contribution in [0.1, 0.15) is 12.0 Å². The van der Waals surface area contributed by atoms with Crippen molar-refractivity contribution in [3.05, 3.63) is 78.4 Å². The zero-order valence-corrected chi connectivity index (χ0v) is 19.9. The van der Waals surface area contributed by atoms with E-state index in [-0.39, 0.29) is 5.75 Å². The van der Waals surface area contributed by atoms with Crippen LogP contribution < -0.4 is 10.0 Å². The summed E-state index contributed by atoms with van der Waals surface area (Å²) in [6.07, 6.45) is 0.658. The lowest BCUT2D eigenvalue weighted by Crippen LogP contribution is -2.46. The van der Waals surface area contributed by atoms with Crippen LogP contribution in [0.15, 0.2) is 72.8 Å². The lowest BCUT2D eigenvalue weighted by atomic mass is 10.1.